The summed E-state index contributed by atoms with van der Waals surface area (Å²) in [4.78, 5) is 14.7. The van der Waals surface area contributed by atoms with Gasteiger partial charge in [0, 0.05) is 22.5 Å². The summed E-state index contributed by atoms with van der Waals surface area (Å²) in [5.74, 6) is -0.278. The van der Waals surface area contributed by atoms with Crippen molar-refractivity contribution in [3.8, 4) is 0 Å². The van der Waals surface area contributed by atoms with Crippen LogP contribution < -0.4 is 10.9 Å². The minimum absolute atomic E-state index is 0.0668. The Morgan fingerprint density at radius 3 is 3.00 bits per heavy atom. The molecule has 0 radical (unpaired) electrons. The Morgan fingerprint density at radius 2 is 2.22 bits per heavy atom. The Bertz CT molecular complexity index is 629. The highest BCUT2D eigenvalue weighted by atomic mass is 19.1. The van der Waals surface area contributed by atoms with Gasteiger partial charge in [-0.05, 0) is 50.1 Å². The molecule has 1 saturated heterocycles. The van der Waals surface area contributed by atoms with Gasteiger partial charge >= 0.3 is 0 Å². The predicted molar refractivity (Wildman–Crippen MR) is 69.3 cm³/mol. The average Bonchev–Trinajstić information content (AvgIpc) is 2.83. The lowest BCUT2D eigenvalue weighted by Gasteiger charge is -2.10. The van der Waals surface area contributed by atoms with Gasteiger partial charge in [0.05, 0.1) is 0 Å². The van der Waals surface area contributed by atoms with Crippen molar-refractivity contribution in [1.29, 1.82) is 0 Å². The fraction of sp³-hybridized carbons (Fsp3) is 0.357. The SMILES string of the molecule is O=c1[nH]c2ccc(F)cc2cc1CC1CCCN1. The molecule has 94 valence electrons. The molecule has 1 aromatic carbocycles. The van der Waals surface area contributed by atoms with Gasteiger partial charge < -0.3 is 10.3 Å². The van der Waals surface area contributed by atoms with Crippen LogP contribution in [0, 0.1) is 5.82 Å². The lowest BCUT2D eigenvalue weighted by molar-refractivity contribution is 0.600. The van der Waals surface area contributed by atoms with Gasteiger partial charge in [-0.15, -0.1) is 0 Å². The summed E-state index contributed by atoms with van der Waals surface area (Å²) in [6, 6.07) is 6.59. The van der Waals surface area contributed by atoms with Gasteiger partial charge in [-0.2, -0.15) is 0 Å². The second kappa shape index (κ2) is 4.53. The zero-order valence-corrected chi connectivity index (χ0v) is 10.0. The van der Waals surface area contributed by atoms with Gasteiger partial charge in [0.2, 0.25) is 0 Å². The lowest BCUT2D eigenvalue weighted by atomic mass is 10.0. The van der Waals surface area contributed by atoms with E-state index in [0.717, 1.165) is 30.3 Å². The minimum Gasteiger partial charge on any atom is -0.322 e. The lowest BCUT2D eigenvalue weighted by Crippen LogP contribution is -2.27. The second-order valence-electron chi connectivity index (χ2n) is 4.85. The maximum atomic E-state index is 13.2. The minimum atomic E-state index is -0.278. The number of benzene rings is 1. The number of halogens is 1. The van der Waals surface area contributed by atoms with E-state index in [4.69, 9.17) is 0 Å². The number of aromatic amines is 1. The summed E-state index contributed by atoms with van der Waals surface area (Å²) in [7, 11) is 0. The highest BCUT2D eigenvalue weighted by Crippen LogP contribution is 2.15. The molecule has 1 atom stereocenters. The molecular formula is C14H15FN2O. The van der Waals surface area contributed by atoms with Gasteiger partial charge in [0.15, 0.2) is 0 Å². The van der Waals surface area contributed by atoms with Crippen LogP contribution >= 0.6 is 0 Å². The molecule has 0 saturated carbocycles. The molecule has 1 aliphatic rings. The van der Waals surface area contributed by atoms with Crippen LogP contribution in [0.15, 0.2) is 29.1 Å². The highest BCUT2D eigenvalue weighted by molar-refractivity contribution is 5.78. The van der Waals surface area contributed by atoms with Crippen LogP contribution in [0.25, 0.3) is 10.9 Å². The number of hydrogen-bond acceptors (Lipinski definition) is 2. The normalized spacial score (nSPS) is 19.5. The van der Waals surface area contributed by atoms with Crippen LogP contribution in [-0.2, 0) is 6.42 Å². The highest BCUT2D eigenvalue weighted by Gasteiger charge is 2.16. The third-order valence-corrected chi connectivity index (χ3v) is 3.51. The molecule has 0 spiro atoms. The molecule has 2 aromatic rings. The quantitative estimate of drug-likeness (QED) is 0.850. The van der Waals surface area contributed by atoms with E-state index in [1.807, 2.05) is 0 Å². The van der Waals surface area contributed by atoms with Gasteiger partial charge in [-0.25, -0.2) is 4.39 Å². The maximum Gasteiger partial charge on any atom is 0.251 e. The van der Waals surface area contributed by atoms with Crippen molar-refractivity contribution >= 4 is 10.9 Å². The third-order valence-electron chi connectivity index (χ3n) is 3.51. The Hall–Kier alpha value is -1.68. The number of aromatic nitrogens is 1. The maximum absolute atomic E-state index is 13.2. The van der Waals surface area contributed by atoms with Crippen molar-refractivity contribution in [3.05, 3.63) is 46.0 Å². The summed E-state index contributed by atoms with van der Waals surface area (Å²) >= 11 is 0. The van der Waals surface area contributed by atoms with Gasteiger partial charge in [0.25, 0.3) is 5.56 Å². The third kappa shape index (κ3) is 2.16. The van der Waals surface area contributed by atoms with Crippen molar-refractivity contribution in [2.75, 3.05) is 6.54 Å². The first-order valence-electron chi connectivity index (χ1n) is 6.27. The molecule has 4 heteroatoms. The first-order valence-corrected chi connectivity index (χ1v) is 6.27. The smallest absolute Gasteiger partial charge is 0.251 e. The number of pyridine rings is 1. The topological polar surface area (TPSA) is 44.9 Å². The Labute approximate surface area is 104 Å². The number of nitrogens with one attached hydrogen (secondary N) is 2. The molecule has 1 unspecified atom stereocenters. The fourth-order valence-corrected chi connectivity index (χ4v) is 2.57. The molecule has 0 amide bonds. The number of hydrogen-bond donors (Lipinski definition) is 2. The van der Waals surface area contributed by atoms with Crippen molar-refractivity contribution in [2.24, 2.45) is 0 Å². The molecule has 1 aliphatic heterocycles. The summed E-state index contributed by atoms with van der Waals surface area (Å²) in [5.41, 5.74) is 1.35. The first kappa shape index (κ1) is 11.4. The van der Waals surface area contributed by atoms with E-state index in [0.29, 0.717) is 18.0 Å². The Balaban J connectivity index is 2.00. The van der Waals surface area contributed by atoms with E-state index in [-0.39, 0.29) is 11.4 Å². The van der Waals surface area contributed by atoms with Crippen LogP contribution in [0.1, 0.15) is 18.4 Å². The summed E-state index contributed by atoms with van der Waals surface area (Å²) < 4.78 is 13.2. The number of fused-ring (bicyclic) bond motifs is 1. The van der Waals surface area contributed by atoms with E-state index in [2.05, 4.69) is 10.3 Å². The molecular weight excluding hydrogens is 231 g/mol. The van der Waals surface area contributed by atoms with Crippen molar-refractivity contribution in [2.45, 2.75) is 25.3 Å². The zero-order valence-electron chi connectivity index (χ0n) is 10.0. The fourth-order valence-electron chi connectivity index (χ4n) is 2.57. The zero-order chi connectivity index (χ0) is 12.5. The first-order chi connectivity index (χ1) is 8.72. The molecule has 2 N–H and O–H groups in total. The van der Waals surface area contributed by atoms with Gasteiger partial charge in [-0.3, -0.25) is 4.79 Å². The molecule has 1 aromatic heterocycles. The largest absolute Gasteiger partial charge is 0.322 e. The van der Waals surface area contributed by atoms with Crippen LogP contribution in [-0.4, -0.2) is 17.6 Å². The summed E-state index contributed by atoms with van der Waals surface area (Å²) in [6.07, 6.45) is 2.97. The van der Waals surface area contributed by atoms with Crippen LogP contribution in [0.5, 0.6) is 0 Å². The predicted octanol–water partition coefficient (Wildman–Crippen LogP) is 1.96. The summed E-state index contributed by atoms with van der Waals surface area (Å²) in [5, 5.41) is 4.12. The number of rotatable bonds is 2. The molecule has 0 bridgehead atoms. The molecule has 0 aliphatic carbocycles. The van der Waals surface area contributed by atoms with Crippen molar-refractivity contribution in [1.82, 2.24) is 10.3 Å². The summed E-state index contributed by atoms with van der Waals surface area (Å²) in [6.45, 7) is 1.02. The van der Waals surface area contributed by atoms with Crippen LogP contribution in [0.4, 0.5) is 4.39 Å². The molecule has 18 heavy (non-hydrogen) atoms. The molecule has 3 rings (SSSR count). The van der Waals surface area contributed by atoms with Crippen LogP contribution in [0.2, 0.25) is 0 Å². The molecule has 3 nitrogen and oxygen atoms in total. The Morgan fingerprint density at radius 1 is 1.33 bits per heavy atom. The van der Waals surface area contributed by atoms with Crippen molar-refractivity contribution in [3.63, 3.8) is 0 Å². The second-order valence-corrected chi connectivity index (χ2v) is 4.85. The van der Waals surface area contributed by atoms with E-state index in [1.54, 1.807) is 12.1 Å². The van der Waals surface area contributed by atoms with E-state index >= 15 is 0 Å². The van der Waals surface area contributed by atoms with Crippen molar-refractivity contribution < 1.29 is 4.39 Å². The van der Waals surface area contributed by atoms with E-state index < -0.39 is 0 Å². The molecule has 1 fully saturated rings. The van der Waals surface area contributed by atoms with Gasteiger partial charge in [-0.1, -0.05) is 0 Å². The van der Waals surface area contributed by atoms with Gasteiger partial charge in [0.1, 0.15) is 5.82 Å². The Kier molecular flexibility index (Phi) is 2.88. The number of H-pyrrole nitrogens is 1. The van der Waals surface area contributed by atoms with Crippen LogP contribution in [0.3, 0.4) is 0 Å². The van der Waals surface area contributed by atoms with E-state index in [9.17, 15) is 9.18 Å². The van der Waals surface area contributed by atoms with E-state index in [1.165, 1.54) is 12.1 Å². The standard InChI is InChI=1S/C14H15FN2O/c15-11-3-4-13-9(7-11)6-10(14(18)17-13)8-12-2-1-5-16-12/h3-4,6-7,12,16H,1-2,5,8H2,(H,17,18). The average molecular weight is 246 g/mol. The monoisotopic (exact) mass is 246 g/mol. The molecule has 2 heterocycles.